The molecule has 7 heteroatoms. The Bertz CT molecular complexity index is 1130. The minimum absolute atomic E-state index is 0.334. The van der Waals surface area contributed by atoms with E-state index in [0.717, 1.165) is 25.0 Å². The number of carbonyl (C=O) groups excluding carboxylic acids is 1. The fourth-order valence-corrected chi connectivity index (χ4v) is 5.24. The summed E-state index contributed by atoms with van der Waals surface area (Å²) in [5.74, 6) is -0.334. The van der Waals surface area contributed by atoms with Gasteiger partial charge in [-0.05, 0) is 12.1 Å². The van der Waals surface area contributed by atoms with Crippen molar-refractivity contribution in [2.45, 2.75) is 0 Å². The van der Waals surface area contributed by atoms with Crippen molar-refractivity contribution in [3.63, 3.8) is 0 Å². The minimum atomic E-state index is -0.334. The molecule has 0 unspecified atom stereocenters. The van der Waals surface area contributed by atoms with Gasteiger partial charge < -0.3 is 0 Å². The third kappa shape index (κ3) is 3.04. The SMILES string of the molecule is O=C(N/N=C\c1sc2ccccc2c1Cl)c1sc2ccccc2c1Cl. The first-order valence-electron chi connectivity index (χ1n) is 7.32. The number of carbonyl (C=O) groups is 1. The van der Waals surface area contributed by atoms with Crippen LogP contribution in [0.5, 0.6) is 0 Å². The van der Waals surface area contributed by atoms with Crippen LogP contribution in [0.1, 0.15) is 14.5 Å². The van der Waals surface area contributed by atoms with Crippen LogP contribution in [0, 0.1) is 0 Å². The number of hydrogen-bond acceptors (Lipinski definition) is 4. The molecule has 124 valence electrons. The van der Waals surface area contributed by atoms with E-state index in [-0.39, 0.29) is 5.91 Å². The van der Waals surface area contributed by atoms with Gasteiger partial charge in [0.05, 0.1) is 21.1 Å². The number of thiophene rings is 2. The molecule has 2 aromatic heterocycles. The van der Waals surface area contributed by atoms with Crippen LogP contribution in [0.15, 0.2) is 53.6 Å². The first-order chi connectivity index (χ1) is 12.1. The van der Waals surface area contributed by atoms with Crippen molar-refractivity contribution in [3.8, 4) is 0 Å². The Morgan fingerprint density at radius 1 is 0.920 bits per heavy atom. The lowest BCUT2D eigenvalue weighted by molar-refractivity contribution is 0.0959. The van der Waals surface area contributed by atoms with E-state index in [4.69, 9.17) is 23.2 Å². The van der Waals surface area contributed by atoms with E-state index in [1.807, 2.05) is 48.5 Å². The van der Waals surface area contributed by atoms with Gasteiger partial charge in [0.25, 0.3) is 5.91 Å². The molecule has 2 heterocycles. The van der Waals surface area contributed by atoms with Crippen molar-refractivity contribution in [2.75, 3.05) is 0 Å². The number of amides is 1. The Morgan fingerprint density at radius 3 is 2.16 bits per heavy atom. The summed E-state index contributed by atoms with van der Waals surface area (Å²) in [6.07, 6.45) is 1.56. The topological polar surface area (TPSA) is 41.5 Å². The van der Waals surface area contributed by atoms with Gasteiger partial charge in [0.2, 0.25) is 0 Å². The first-order valence-corrected chi connectivity index (χ1v) is 9.71. The lowest BCUT2D eigenvalue weighted by atomic mass is 10.2. The van der Waals surface area contributed by atoms with Crippen molar-refractivity contribution >= 4 is 78.2 Å². The molecule has 3 nitrogen and oxygen atoms in total. The van der Waals surface area contributed by atoms with Crippen LogP contribution < -0.4 is 5.43 Å². The Hall–Kier alpha value is -1.92. The van der Waals surface area contributed by atoms with Gasteiger partial charge in [0.15, 0.2) is 0 Å². The average molecular weight is 405 g/mol. The summed E-state index contributed by atoms with van der Waals surface area (Å²) in [5.41, 5.74) is 2.53. The molecule has 0 spiro atoms. The second-order valence-corrected chi connectivity index (χ2v) is 8.11. The zero-order valence-corrected chi connectivity index (χ0v) is 15.8. The molecule has 25 heavy (non-hydrogen) atoms. The van der Waals surface area contributed by atoms with Gasteiger partial charge in [-0.1, -0.05) is 59.6 Å². The summed E-state index contributed by atoms with van der Waals surface area (Å²) in [4.78, 5) is 13.6. The number of fused-ring (bicyclic) bond motifs is 2. The van der Waals surface area contributed by atoms with Gasteiger partial charge in [-0.25, -0.2) is 5.43 Å². The summed E-state index contributed by atoms with van der Waals surface area (Å²) in [7, 11) is 0. The van der Waals surface area contributed by atoms with E-state index < -0.39 is 0 Å². The third-order valence-corrected chi connectivity index (χ3v) is 6.95. The molecule has 0 aliphatic heterocycles. The second-order valence-electron chi connectivity index (χ2n) is 5.22. The molecule has 0 fully saturated rings. The standard InChI is InChI=1S/C18H10Cl2N2OS2/c19-15-10-5-1-3-7-12(10)24-14(15)9-21-22-18(23)17-16(20)11-6-2-4-8-13(11)25-17/h1-9H,(H,22,23)/b21-9-. The molecule has 0 aliphatic rings. The van der Waals surface area contributed by atoms with Crippen molar-refractivity contribution in [3.05, 3.63) is 68.3 Å². The molecule has 1 amide bonds. The smallest absolute Gasteiger partial charge is 0.266 e. The molecule has 2 aromatic carbocycles. The Labute approximate surface area is 161 Å². The summed E-state index contributed by atoms with van der Waals surface area (Å²) in [6, 6.07) is 15.5. The molecular weight excluding hydrogens is 395 g/mol. The van der Waals surface area contributed by atoms with E-state index in [1.165, 1.54) is 22.7 Å². The van der Waals surface area contributed by atoms with E-state index in [0.29, 0.717) is 14.9 Å². The van der Waals surface area contributed by atoms with Crippen LogP contribution in [-0.4, -0.2) is 12.1 Å². The van der Waals surface area contributed by atoms with Crippen LogP contribution >= 0.6 is 45.9 Å². The zero-order chi connectivity index (χ0) is 17.4. The van der Waals surface area contributed by atoms with Crippen molar-refractivity contribution in [1.82, 2.24) is 5.43 Å². The predicted molar refractivity (Wildman–Crippen MR) is 109 cm³/mol. The number of halogens is 2. The molecule has 0 saturated carbocycles. The molecule has 4 aromatic rings. The number of hydrogen-bond donors (Lipinski definition) is 1. The van der Waals surface area contributed by atoms with Gasteiger partial charge in [-0.2, -0.15) is 5.10 Å². The zero-order valence-electron chi connectivity index (χ0n) is 12.6. The second kappa shape index (κ2) is 6.77. The quantitative estimate of drug-likeness (QED) is 0.321. The minimum Gasteiger partial charge on any atom is -0.266 e. The predicted octanol–water partition coefficient (Wildman–Crippen LogP) is 6.19. The lowest BCUT2D eigenvalue weighted by Gasteiger charge is -1.96. The maximum Gasteiger partial charge on any atom is 0.283 e. The van der Waals surface area contributed by atoms with Gasteiger partial charge in [0.1, 0.15) is 4.88 Å². The number of benzene rings is 2. The number of nitrogens with zero attached hydrogens (tertiary/aromatic N) is 1. The molecule has 4 rings (SSSR count). The fourth-order valence-electron chi connectivity index (χ4n) is 2.48. The van der Waals surface area contributed by atoms with Crippen LogP contribution in [0.3, 0.4) is 0 Å². The third-order valence-electron chi connectivity index (χ3n) is 3.65. The summed E-state index contributed by atoms with van der Waals surface area (Å²) in [6.45, 7) is 0. The largest absolute Gasteiger partial charge is 0.283 e. The van der Waals surface area contributed by atoms with Crippen molar-refractivity contribution in [2.24, 2.45) is 5.10 Å². The Kier molecular flexibility index (Phi) is 4.48. The lowest BCUT2D eigenvalue weighted by Crippen LogP contribution is -2.16. The molecule has 0 aliphatic carbocycles. The number of rotatable bonds is 3. The maximum atomic E-state index is 12.4. The summed E-state index contributed by atoms with van der Waals surface area (Å²) in [5, 5.41) is 6.98. The van der Waals surface area contributed by atoms with Crippen LogP contribution in [-0.2, 0) is 0 Å². The molecule has 1 N–H and O–H groups in total. The molecular formula is C18H10Cl2N2OS2. The average Bonchev–Trinajstić information content (AvgIpc) is 3.14. The summed E-state index contributed by atoms with van der Waals surface area (Å²) >= 11 is 15.5. The van der Waals surface area contributed by atoms with Crippen molar-refractivity contribution in [1.29, 1.82) is 0 Å². The van der Waals surface area contributed by atoms with Gasteiger partial charge in [0, 0.05) is 20.2 Å². The van der Waals surface area contributed by atoms with E-state index in [9.17, 15) is 4.79 Å². The molecule has 0 atom stereocenters. The number of nitrogens with one attached hydrogen (secondary N) is 1. The number of hydrazone groups is 1. The normalized spacial score (nSPS) is 11.6. The van der Waals surface area contributed by atoms with E-state index in [2.05, 4.69) is 10.5 Å². The maximum absolute atomic E-state index is 12.4. The van der Waals surface area contributed by atoms with Crippen molar-refractivity contribution < 1.29 is 4.79 Å². The molecule has 0 saturated heterocycles. The first kappa shape index (κ1) is 16.5. The highest BCUT2D eigenvalue weighted by atomic mass is 35.5. The molecule has 0 bridgehead atoms. The van der Waals surface area contributed by atoms with Gasteiger partial charge in [-0.3, -0.25) is 4.79 Å². The Balaban J connectivity index is 1.57. The monoisotopic (exact) mass is 404 g/mol. The fraction of sp³-hybridized carbons (Fsp3) is 0. The van der Waals surface area contributed by atoms with Crippen LogP contribution in [0.2, 0.25) is 10.0 Å². The Morgan fingerprint density at radius 2 is 1.52 bits per heavy atom. The molecule has 0 radical (unpaired) electrons. The highest BCUT2D eigenvalue weighted by Crippen LogP contribution is 2.35. The van der Waals surface area contributed by atoms with Gasteiger partial charge in [-0.15, -0.1) is 22.7 Å². The van der Waals surface area contributed by atoms with Crippen LogP contribution in [0.4, 0.5) is 0 Å². The van der Waals surface area contributed by atoms with Gasteiger partial charge >= 0.3 is 0 Å². The highest BCUT2D eigenvalue weighted by Gasteiger charge is 2.16. The van der Waals surface area contributed by atoms with E-state index >= 15 is 0 Å². The van der Waals surface area contributed by atoms with Crippen LogP contribution in [0.25, 0.3) is 20.2 Å². The summed E-state index contributed by atoms with van der Waals surface area (Å²) < 4.78 is 2.04. The highest BCUT2D eigenvalue weighted by molar-refractivity contribution is 7.22. The van der Waals surface area contributed by atoms with E-state index in [1.54, 1.807) is 6.21 Å².